The number of aromatic nitrogens is 1. The second-order valence-corrected chi connectivity index (χ2v) is 5.23. The predicted molar refractivity (Wildman–Crippen MR) is 86.8 cm³/mol. The van der Waals surface area contributed by atoms with E-state index >= 15 is 0 Å². The van der Waals surface area contributed by atoms with Crippen LogP contribution in [-0.4, -0.2) is 15.9 Å². The molecular weight excluding hydrogens is 282 g/mol. The highest BCUT2D eigenvalue weighted by atomic mass is 32.1. The molecule has 4 nitrogen and oxygen atoms in total. The molecule has 0 aliphatic heterocycles. The average Bonchev–Trinajstić information content (AvgIpc) is 2.49. The Morgan fingerprint density at radius 2 is 1.86 bits per heavy atom. The summed E-state index contributed by atoms with van der Waals surface area (Å²) >= 11 is 5.05. The molecular formula is C16H17N3OS. The van der Waals surface area contributed by atoms with Crippen LogP contribution < -0.4 is 11.1 Å². The Labute approximate surface area is 129 Å². The van der Waals surface area contributed by atoms with Crippen molar-refractivity contribution in [3.05, 3.63) is 66.0 Å². The van der Waals surface area contributed by atoms with Crippen LogP contribution in [0.2, 0.25) is 0 Å². The van der Waals surface area contributed by atoms with Gasteiger partial charge in [-0.2, -0.15) is 0 Å². The van der Waals surface area contributed by atoms with Gasteiger partial charge >= 0.3 is 0 Å². The number of nitrogens with zero attached hydrogens (tertiary/aromatic N) is 1. The third-order valence-corrected chi connectivity index (χ3v) is 3.46. The SMILES string of the molecule is CC(NC(=O)C(C(N)=S)c1ccccc1)c1cccnc1. The number of hydrogen-bond donors (Lipinski definition) is 2. The van der Waals surface area contributed by atoms with Crippen molar-refractivity contribution in [2.24, 2.45) is 5.73 Å². The van der Waals surface area contributed by atoms with Crippen molar-refractivity contribution in [1.82, 2.24) is 10.3 Å². The molecule has 21 heavy (non-hydrogen) atoms. The van der Waals surface area contributed by atoms with Crippen molar-refractivity contribution in [2.75, 3.05) is 0 Å². The van der Waals surface area contributed by atoms with Gasteiger partial charge in [0, 0.05) is 12.4 Å². The Bertz CT molecular complexity index is 616. The van der Waals surface area contributed by atoms with Crippen molar-refractivity contribution < 1.29 is 4.79 Å². The molecule has 0 aliphatic carbocycles. The number of nitrogens with one attached hydrogen (secondary N) is 1. The van der Waals surface area contributed by atoms with Crippen molar-refractivity contribution >= 4 is 23.1 Å². The zero-order valence-electron chi connectivity index (χ0n) is 11.7. The lowest BCUT2D eigenvalue weighted by atomic mass is 9.97. The monoisotopic (exact) mass is 299 g/mol. The maximum Gasteiger partial charge on any atom is 0.234 e. The molecule has 0 fully saturated rings. The minimum atomic E-state index is -0.625. The second kappa shape index (κ2) is 6.95. The minimum absolute atomic E-state index is 0.160. The van der Waals surface area contributed by atoms with Crippen molar-refractivity contribution in [2.45, 2.75) is 18.9 Å². The summed E-state index contributed by atoms with van der Waals surface area (Å²) in [6, 6.07) is 12.9. The van der Waals surface area contributed by atoms with E-state index < -0.39 is 5.92 Å². The fourth-order valence-corrected chi connectivity index (χ4v) is 2.35. The van der Waals surface area contributed by atoms with Crippen LogP contribution >= 0.6 is 12.2 Å². The van der Waals surface area contributed by atoms with E-state index in [0.717, 1.165) is 11.1 Å². The molecule has 0 spiro atoms. The van der Waals surface area contributed by atoms with E-state index in [1.807, 2.05) is 49.4 Å². The molecule has 1 amide bonds. The van der Waals surface area contributed by atoms with E-state index in [4.69, 9.17) is 18.0 Å². The molecule has 2 unspecified atom stereocenters. The standard InChI is InChI=1S/C16H17N3OS/c1-11(13-8-5-9-18-10-13)19-16(20)14(15(17)21)12-6-3-2-4-7-12/h2-11,14H,1H3,(H2,17,21)(H,19,20). The highest BCUT2D eigenvalue weighted by Gasteiger charge is 2.24. The van der Waals surface area contributed by atoms with Crippen LogP contribution in [0.1, 0.15) is 30.0 Å². The number of hydrogen-bond acceptors (Lipinski definition) is 3. The molecule has 5 heteroatoms. The van der Waals surface area contributed by atoms with Crippen molar-refractivity contribution in [1.29, 1.82) is 0 Å². The van der Waals surface area contributed by atoms with Gasteiger partial charge in [-0.1, -0.05) is 48.6 Å². The normalized spacial score (nSPS) is 13.2. The first kappa shape index (κ1) is 15.1. The van der Waals surface area contributed by atoms with Gasteiger partial charge in [0.2, 0.25) is 5.91 Å². The maximum absolute atomic E-state index is 12.5. The van der Waals surface area contributed by atoms with E-state index in [-0.39, 0.29) is 16.9 Å². The van der Waals surface area contributed by atoms with Crippen LogP contribution in [0, 0.1) is 0 Å². The number of pyridine rings is 1. The smallest absolute Gasteiger partial charge is 0.234 e. The van der Waals surface area contributed by atoms with Crippen LogP contribution in [-0.2, 0) is 4.79 Å². The van der Waals surface area contributed by atoms with Crippen LogP contribution in [0.4, 0.5) is 0 Å². The Morgan fingerprint density at radius 3 is 2.43 bits per heavy atom. The largest absolute Gasteiger partial charge is 0.392 e. The molecule has 0 aliphatic rings. The summed E-state index contributed by atoms with van der Waals surface area (Å²) in [5, 5.41) is 2.93. The molecule has 2 atom stereocenters. The van der Waals surface area contributed by atoms with Crippen molar-refractivity contribution in [3.63, 3.8) is 0 Å². The number of rotatable bonds is 5. The summed E-state index contributed by atoms with van der Waals surface area (Å²) in [5.74, 6) is -0.828. The van der Waals surface area contributed by atoms with Gasteiger partial charge in [-0.05, 0) is 24.1 Å². The van der Waals surface area contributed by atoms with Crippen LogP contribution in [0.15, 0.2) is 54.9 Å². The summed E-state index contributed by atoms with van der Waals surface area (Å²) in [4.78, 5) is 16.7. The predicted octanol–water partition coefficient (Wildman–Crippen LogP) is 2.33. The number of carbonyl (C=O) groups is 1. The van der Waals surface area contributed by atoms with E-state index in [9.17, 15) is 4.79 Å². The molecule has 2 rings (SSSR count). The quantitative estimate of drug-likeness (QED) is 0.832. The number of nitrogens with two attached hydrogens (primary N) is 1. The molecule has 108 valence electrons. The first-order valence-electron chi connectivity index (χ1n) is 6.64. The number of carbonyl (C=O) groups excluding carboxylic acids is 1. The van der Waals surface area contributed by atoms with Crippen molar-refractivity contribution in [3.8, 4) is 0 Å². The molecule has 1 heterocycles. The highest BCUT2D eigenvalue weighted by molar-refractivity contribution is 7.80. The lowest BCUT2D eigenvalue weighted by Crippen LogP contribution is -2.37. The van der Waals surface area contributed by atoms with E-state index in [0.29, 0.717) is 0 Å². The zero-order valence-corrected chi connectivity index (χ0v) is 12.5. The highest BCUT2D eigenvalue weighted by Crippen LogP contribution is 2.18. The van der Waals surface area contributed by atoms with E-state index in [1.165, 1.54) is 0 Å². The van der Waals surface area contributed by atoms with Crippen LogP contribution in [0.3, 0.4) is 0 Å². The summed E-state index contributed by atoms with van der Waals surface area (Å²) < 4.78 is 0. The van der Waals surface area contributed by atoms with E-state index in [2.05, 4.69) is 10.3 Å². The molecule has 1 aromatic carbocycles. The molecule has 2 aromatic rings. The van der Waals surface area contributed by atoms with E-state index in [1.54, 1.807) is 12.4 Å². The molecule has 0 saturated heterocycles. The number of amides is 1. The Hall–Kier alpha value is -2.27. The van der Waals surface area contributed by atoms with Gasteiger partial charge in [-0.3, -0.25) is 9.78 Å². The second-order valence-electron chi connectivity index (χ2n) is 4.76. The van der Waals surface area contributed by atoms with Gasteiger partial charge in [0.25, 0.3) is 0 Å². The molecule has 0 bridgehead atoms. The third-order valence-electron chi connectivity index (χ3n) is 3.22. The fourth-order valence-electron chi connectivity index (χ4n) is 2.10. The molecule has 0 saturated carbocycles. The molecule has 3 N–H and O–H groups in total. The zero-order chi connectivity index (χ0) is 15.2. The minimum Gasteiger partial charge on any atom is -0.392 e. The Balaban J connectivity index is 2.15. The summed E-state index contributed by atoms with van der Waals surface area (Å²) in [6.07, 6.45) is 3.42. The molecule has 1 aromatic heterocycles. The third kappa shape index (κ3) is 3.86. The lowest BCUT2D eigenvalue weighted by molar-refractivity contribution is -0.121. The van der Waals surface area contributed by atoms with Gasteiger partial charge in [-0.15, -0.1) is 0 Å². The van der Waals surface area contributed by atoms with Gasteiger partial charge in [-0.25, -0.2) is 0 Å². The summed E-state index contributed by atoms with van der Waals surface area (Å²) in [7, 11) is 0. The van der Waals surface area contributed by atoms with Gasteiger partial charge < -0.3 is 11.1 Å². The first-order chi connectivity index (χ1) is 10.1. The summed E-state index contributed by atoms with van der Waals surface area (Å²) in [5.41, 5.74) is 7.47. The Kier molecular flexibility index (Phi) is 5.00. The average molecular weight is 299 g/mol. The Morgan fingerprint density at radius 1 is 1.19 bits per heavy atom. The fraction of sp³-hybridized carbons (Fsp3) is 0.188. The maximum atomic E-state index is 12.5. The van der Waals surface area contributed by atoms with Gasteiger partial charge in [0.1, 0.15) is 5.92 Å². The lowest BCUT2D eigenvalue weighted by Gasteiger charge is -2.20. The van der Waals surface area contributed by atoms with Crippen LogP contribution in [0.25, 0.3) is 0 Å². The topological polar surface area (TPSA) is 68.0 Å². The summed E-state index contributed by atoms with van der Waals surface area (Å²) in [6.45, 7) is 1.90. The van der Waals surface area contributed by atoms with Gasteiger partial charge in [0.05, 0.1) is 11.0 Å². The van der Waals surface area contributed by atoms with Crippen LogP contribution in [0.5, 0.6) is 0 Å². The first-order valence-corrected chi connectivity index (χ1v) is 7.05. The van der Waals surface area contributed by atoms with Gasteiger partial charge in [0.15, 0.2) is 0 Å². The molecule has 0 radical (unpaired) electrons. The number of benzene rings is 1. The number of thiocarbonyl (C=S) groups is 1.